The lowest BCUT2D eigenvalue weighted by Crippen LogP contribution is -2.45. The molecule has 1 atom stereocenters. The number of aryl methyl sites for hydroxylation is 2. The molecule has 0 radical (unpaired) electrons. The van der Waals surface area contributed by atoms with Gasteiger partial charge in [0.05, 0.1) is 19.3 Å². The Labute approximate surface area is 184 Å². The van der Waals surface area contributed by atoms with Crippen molar-refractivity contribution >= 4 is 23.2 Å². The molecule has 7 heteroatoms. The quantitative estimate of drug-likeness (QED) is 0.697. The predicted molar refractivity (Wildman–Crippen MR) is 123 cm³/mol. The summed E-state index contributed by atoms with van der Waals surface area (Å²) in [4.78, 5) is 29.3. The van der Waals surface area contributed by atoms with E-state index in [0.717, 1.165) is 35.5 Å². The Balaban J connectivity index is 1.68. The van der Waals surface area contributed by atoms with Crippen LogP contribution in [0.15, 0.2) is 42.5 Å². The first-order valence-corrected chi connectivity index (χ1v) is 10.6. The Morgan fingerprint density at radius 2 is 1.71 bits per heavy atom. The molecule has 2 N–H and O–H groups in total. The van der Waals surface area contributed by atoms with E-state index in [4.69, 9.17) is 4.74 Å². The summed E-state index contributed by atoms with van der Waals surface area (Å²) in [6.07, 6.45) is 0. The Morgan fingerprint density at radius 3 is 2.35 bits per heavy atom. The van der Waals surface area contributed by atoms with Crippen LogP contribution < -0.4 is 15.5 Å². The van der Waals surface area contributed by atoms with Crippen molar-refractivity contribution in [2.45, 2.75) is 19.9 Å². The number of carbonyl (C=O) groups is 2. The minimum atomic E-state index is -0.655. The van der Waals surface area contributed by atoms with Gasteiger partial charge in [-0.2, -0.15) is 0 Å². The summed E-state index contributed by atoms with van der Waals surface area (Å²) in [7, 11) is 4.01. The Hall–Kier alpha value is -2.90. The first-order chi connectivity index (χ1) is 14.8. The molecule has 0 aromatic heterocycles. The lowest BCUT2D eigenvalue weighted by Gasteiger charge is -2.35. The van der Waals surface area contributed by atoms with E-state index in [9.17, 15) is 9.59 Å². The van der Waals surface area contributed by atoms with Gasteiger partial charge in [0.15, 0.2) is 0 Å². The van der Waals surface area contributed by atoms with Crippen molar-refractivity contribution in [1.82, 2.24) is 10.2 Å². The maximum atomic E-state index is 12.5. The molecule has 0 spiro atoms. The van der Waals surface area contributed by atoms with Gasteiger partial charge in [0.25, 0.3) is 0 Å². The van der Waals surface area contributed by atoms with Crippen LogP contribution in [-0.4, -0.2) is 63.7 Å². The van der Waals surface area contributed by atoms with Crippen molar-refractivity contribution in [3.63, 3.8) is 0 Å². The van der Waals surface area contributed by atoms with E-state index >= 15 is 0 Å². The van der Waals surface area contributed by atoms with Gasteiger partial charge in [-0.15, -0.1) is 0 Å². The van der Waals surface area contributed by atoms with Crippen LogP contribution in [0, 0.1) is 13.8 Å². The van der Waals surface area contributed by atoms with Crippen molar-refractivity contribution in [3.05, 3.63) is 59.2 Å². The normalized spacial score (nSPS) is 15.2. The number of nitrogens with zero attached hydrogens (tertiary/aromatic N) is 2. The van der Waals surface area contributed by atoms with E-state index in [0.29, 0.717) is 25.4 Å². The van der Waals surface area contributed by atoms with Crippen LogP contribution >= 0.6 is 0 Å². The lowest BCUT2D eigenvalue weighted by molar-refractivity contribution is -0.136. The Morgan fingerprint density at radius 1 is 1.03 bits per heavy atom. The monoisotopic (exact) mass is 424 g/mol. The third kappa shape index (κ3) is 6.06. The van der Waals surface area contributed by atoms with E-state index in [2.05, 4.69) is 39.8 Å². The van der Waals surface area contributed by atoms with Crippen LogP contribution in [0.5, 0.6) is 0 Å². The number of hydrogen-bond donors (Lipinski definition) is 2. The van der Waals surface area contributed by atoms with Crippen LogP contribution in [0.1, 0.15) is 22.7 Å². The molecule has 2 aromatic rings. The fourth-order valence-electron chi connectivity index (χ4n) is 3.66. The molecule has 1 aliphatic rings. The average Bonchev–Trinajstić information content (AvgIpc) is 2.77. The highest BCUT2D eigenvalue weighted by molar-refractivity contribution is 6.39. The lowest BCUT2D eigenvalue weighted by atomic mass is 10.0. The van der Waals surface area contributed by atoms with Gasteiger partial charge in [0, 0.05) is 45.1 Å². The smallest absolute Gasteiger partial charge is 0.313 e. The molecule has 166 valence electrons. The maximum absolute atomic E-state index is 12.5. The van der Waals surface area contributed by atoms with Crippen molar-refractivity contribution in [3.8, 4) is 0 Å². The largest absolute Gasteiger partial charge is 0.379 e. The third-order valence-electron chi connectivity index (χ3n) is 5.58. The summed E-state index contributed by atoms with van der Waals surface area (Å²) in [5.74, 6) is -1.29. The molecule has 0 saturated carbocycles. The van der Waals surface area contributed by atoms with Gasteiger partial charge in [-0.05, 0) is 48.7 Å². The molecule has 1 saturated heterocycles. The molecule has 1 heterocycles. The fraction of sp³-hybridized carbons (Fsp3) is 0.417. The summed E-state index contributed by atoms with van der Waals surface area (Å²) in [5.41, 5.74) is 4.81. The number of carbonyl (C=O) groups excluding carboxylic acids is 2. The fourth-order valence-corrected chi connectivity index (χ4v) is 3.66. The molecule has 2 aromatic carbocycles. The summed E-state index contributed by atoms with van der Waals surface area (Å²) in [6.45, 7) is 7.08. The summed E-state index contributed by atoms with van der Waals surface area (Å²) in [6, 6.07) is 14.0. The van der Waals surface area contributed by atoms with Crippen LogP contribution in [0.2, 0.25) is 0 Å². The number of nitrogens with one attached hydrogen (secondary N) is 2. The number of benzene rings is 2. The minimum absolute atomic E-state index is 0.0300. The van der Waals surface area contributed by atoms with E-state index in [1.807, 2.05) is 51.0 Å². The standard InChI is InChI=1S/C24H32N4O3/c1-17-5-6-18(2)21(15-17)26-24(30)23(29)25-16-22(28-11-13-31-14-12-28)19-7-9-20(10-8-19)27(3)4/h5-10,15,22H,11-14,16H2,1-4H3,(H,25,29)(H,26,30)/t22-/m1/s1. The zero-order valence-corrected chi connectivity index (χ0v) is 18.8. The molecule has 7 nitrogen and oxygen atoms in total. The van der Waals surface area contributed by atoms with Crippen LogP contribution in [-0.2, 0) is 14.3 Å². The second-order valence-corrected chi connectivity index (χ2v) is 8.13. The van der Waals surface area contributed by atoms with E-state index < -0.39 is 11.8 Å². The van der Waals surface area contributed by atoms with Gasteiger partial charge in [-0.3, -0.25) is 14.5 Å². The second kappa shape index (κ2) is 10.4. The Bertz CT molecular complexity index is 906. The zero-order chi connectivity index (χ0) is 22.4. The van der Waals surface area contributed by atoms with E-state index in [-0.39, 0.29) is 6.04 Å². The molecule has 1 fully saturated rings. The Kier molecular flexibility index (Phi) is 7.65. The zero-order valence-electron chi connectivity index (χ0n) is 18.8. The topological polar surface area (TPSA) is 73.9 Å². The first kappa shape index (κ1) is 22.8. The molecule has 3 rings (SSSR count). The van der Waals surface area contributed by atoms with Crippen molar-refractivity contribution < 1.29 is 14.3 Å². The number of ether oxygens (including phenoxy) is 1. The van der Waals surface area contributed by atoms with Crippen molar-refractivity contribution in [2.75, 3.05) is 57.2 Å². The number of anilines is 2. The van der Waals surface area contributed by atoms with Gasteiger partial charge in [0.2, 0.25) is 0 Å². The molecule has 31 heavy (non-hydrogen) atoms. The number of morpholine rings is 1. The highest BCUT2D eigenvalue weighted by atomic mass is 16.5. The molecule has 0 bridgehead atoms. The van der Waals surface area contributed by atoms with E-state index in [1.165, 1.54) is 0 Å². The van der Waals surface area contributed by atoms with Gasteiger partial charge in [-0.1, -0.05) is 24.3 Å². The average molecular weight is 425 g/mol. The second-order valence-electron chi connectivity index (χ2n) is 8.13. The van der Waals surface area contributed by atoms with Gasteiger partial charge in [-0.25, -0.2) is 0 Å². The molecule has 1 aliphatic heterocycles. The van der Waals surface area contributed by atoms with Crippen molar-refractivity contribution in [2.24, 2.45) is 0 Å². The molecule has 0 unspecified atom stereocenters. The molecule has 2 amide bonds. The summed E-state index contributed by atoms with van der Waals surface area (Å²) in [5, 5.41) is 5.55. The van der Waals surface area contributed by atoms with Gasteiger partial charge >= 0.3 is 11.8 Å². The predicted octanol–water partition coefficient (Wildman–Crippen LogP) is 2.50. The maximum Gasteiger partial charge on any atom is 0.313 e. The van der Waals surface area contributed by atoms with Crippen LogP contribution in [0.3, 0.4) is 0 Å². The number of amides is 2. The number of rotatable bonds is 6. The van der Waals surface area contributed by atoms with E-state index in [1.54, 1.807) is 0 Å². The van der Waals surface area contributed by atoms with Gasteiger partial charge in [0.1, 0.15) is 0 Å². The van der Waals surface area contributed by atoms with Gasteiger partial charge < -0.3 is 20.3 Å². The SMILES string of the molecule is Cc1ccc(C)c(NC(=O)C(=O)NC[C@H](c2ccc(N(C)C)cc2)N2CCOCC2)c1. The first-order valence-electron chi connectivity index (χ1n) is 10.6. The van der Waals surface area contributed by atoms with Crippen LogP contribution in [0.4, 0.5) is 11.4 Å². The third-order valence-corrected chi connectivity index (χ3v) is 5.58. The highest BCUT2D eigenvalue weighted by Crippen LogP contribution is 2.24. The molecular formula is C24H32N4O3. The minimum Gasteiger partial charge on any atom is -0.379 e. The summed E-state index contributed by atoms with van der Waals surface area (Å²) < 4.78 is 5.49. The molecular weight excluding hydrogens is 392 g/mol. The highest BCUT2D eigenvalue weighted by Gasteiger charge is 2.24. The van der Waals surface area contributed by atoms with Crippen LogP contribution in [0.25, 0.3) is 0 Å². The molecule has 0 aliphatic carbocycles. The summed E-state index contributed by atoms with van der Waals surface area (Å²) >= 11 is 0. The van der Waals surface area contributed by atoms with Crippen molar-refractivity contribution in [1.29, 1.82) is 0 Å². The number of hydrogen-bond acceptors (Lipinski definition) is 5.